The summed E-state index contributed by atoms with van der Waals surface area (Å²) in [6.07, 6.45) is 1.44. The quantitative estimate of drug-likeness (QED) is 0.714. The number of aliphatic hydroxyl groups excluding tert-OH is 1. The largest absolute Gasteiger partial charge is 0.504 e. The number of aldehydes is 1. The average molecular weight is 224 g/mol. The number of hydrogen-bond donors (Lipinski definition) is 2. The summed E-state index contributed by atoms with van der Waals surface area (Å²) >= 11 is 0. The number of rotatable bonds is 6. The van der Waals surface area contributed by atoms with Crippen molar-refractivity contribution in [1.82, 2.24) is 0 Å². The molecule has 0 aliphatic heterocycles. The van der Waals surface area contributed by atoms with Gasteiger partial charge in [-0.05, 0) is 30.5 Å². The lowest BCUT2D eigenvalue weighted by Crippen LogP contribution is -2.08. The SMILES string of the molecule is COc1cc(CC[C@@H](O)CC=O)ccc1O. The number of hydrogen-bond acceptors (Lipinski definition) is 4. The van der Waals surface area contributed by atoms with E-state index in [1.807, 2.05) is 0 Å². The number of aliphatic hydroxyl groups is 1. The molecule has 0 heterocycles. The Kier molecular flexibility index (Phi) is 4.79. The molecule has 0 spiro atoms. The minimum absolute atomic E-state index is 0.0969. The third kappa shape index (κ3) is 3.55. The Bertz CT molecular complexity index is 349. The number of phenols is 1. The summed E-state index contributed by atoms with van der Waals surface area (Å²) in [4.78, 5) is 10.2. The molecule has 0 saturated carbocycles. The molecule has 4 nitrogen and oxygen atoms in total. The van der Waals surface area contributed by atoms with Gasteiger partial charge in [0.25, 0.3) is 0 Å². The first-order valence-corrected chi connectivity index (χ1v) is 5.15. The molecule has 0 unspecified atom stereocenters. The van der Waals surface area contributed by atoms with Gasteiger partial charge in [0, 0.05) is 6.42 Å². The highest BCUT2D eigenvalue weighted by molar-refractivity contribution is 5.50. The van der Waals surface area contributed by atoms with E-state index in [2.05, 4.69) is 0 Å². The third-order valence-electron chi connectivity index (χ3n) is 2.38. The first kappa shape index (κ1) is 12.5. The summed E-state index contributed by atoms with van der Waals surface area (Å²) < 4.78 is 4.97. The number of carbonyl (C=O) groups excluding carboxylic acids is 1. The zero-order chi connectivity index (χ0) is 12.0. The van der Waals surface area contributed by atoms with E-state index in [-0.39, 0.29) is 12.2 Å². The predicted molar refractivity (Wildman–Crippen MR) is 59.7 cm³/mol. The van der Waals surface area contributed by atoms with E-state index >= 15 is 0 Å². The van der Waals surface area contributed by atoms with Crippen LogP contribution in [0.4, 0.5) is 0 Å². The van der Waals surface area contributed by atoms with Gasteiger partial charge < -0.3 is 19.7 Å². The standard InChI is InChI=1S/C12H16O4/c1-16-12-8-9(3-5-11(12)15)2-4-10(14)6-7-13/h3,5,7-8,10,14-15H,2,4,6H2,1H3/t10-/m1/s1. The molecule has 0 saturated heterocycles. The van der Waals surface area contributed by atoms with Gasteiger partial charge in [0.05, 0.1) is 13.2 Å². The Morgan fingerprint density at radius 2 is 2.25 bits per heavy atom. The van der Waals surface area contributed by atoms with Gasteiger partial charge in [-0.15, -0.1) is 0 Å². The fourth-order valence-electron chi connectivity index (χ4n) is 1.44. The highest BCUT2D eigenvalue weighted by Gasteiger charge is 2.06. The minimum Gasteiger partial charge on any atom is -0.504 e. The van der Waals surface area contributed by atoms with Crippen molar-refractivity contribution in [3.8, 4) is 11.5 Å². The van der Waals surface area contributed by atoms with Gasteiger partial charge >= 0.3 is 0 Å². The van der Waals surface area contributed by atoms with Crippen LogP contribution < -0.4 is 4.74 Å². The third-order valence-corrected chi connectivity index (χ3v) is 2.38. The molecule has 1 rings (SSSR count). The summed E-state index contributed by atoms with van der Waals surface area (Å²) in [5, 5.41) is 18.8. The summed E-state index contributed by atoms with van der Waals surface area (Å²) in [6.45, 7) is 0. The fraction of sp³-hybridized carbons (Fsp3) is 0.417. The van der Waals surface area contributed by atoms with Crippen LogP contribution in [-0.2, 0) is 11.2 Å². The second-order valence-corrected chi connectivity index (χ2v) is 3.60. The van der Waals surface area contributed by atoms with Crippen LogP contribution in [0.1, 0.15) is 18.4 Å². The molecule has 4 heteroatoms. The maximum atomic E-state index is 10.2. The Hall–Kier alpha value is -1.55. The monoisotopic (exact) mass is 224 g/mol. The summed E-state index contributed by atoms with van der Waals surface area (Å²) in [5.74, 6) is 0.516. The number of ether oxygens (including phenoxy) is 1. The molecule has 0 radical (unpaired) electrons. The Balaban J connectivity index is 2.57. The molecule has 16 heavy (non-hydrogen) atoms. The van der Waals surface area contributed by atoms with Crippen molar-refractivity contribution in [2.75, 3.05) is 7.11 Å². The summed E-state index contributed by atoms with van der Waals surface area (Å²) in [5.41, 5.74) is 0.958. The highest BCUT2D eigenvalue weighted by Crippen LogP contribution is 2.26. The molecule has 88 valence electrons. The molecule has 0 bridgehead atoms. The number of methoxy groups -OCH3 is 1. The van der Waals surface area contributed by atoms with Crippen molar-refractivity contribution in [3.05, 3.63) is 23.8 Å². The maximum absolute atomic E-state index is 10.2. The first-order valence-electron chi connectivity index (χ1n) is 5.15. The van der Waals surface area contributed by atoms with Crippen molar-refractivity contribution in [3.63, 3.8) is 0 Å². The minimum atomic E-state index is -0.600. The molecule has 2 N–H and O–H groups in total. The van der Waals surface area contributed by atoms with E-state index in [1.54, 1.807) is 18.2 Å². The lowest BCUT2D eigenvalue weighted by molar-refractivity contribution is -0.109. The zero-order valence-electron chi connectivity index (χ0n) is 9.22. The second kappa shape index (κ2) is 6.12. The average Bonchev–Trinajstić information content (AvgIpc) is 2.28. The molecule has 0 amide bonds. The van der Waals surface area contributed by atoms with Gasteiger partial charge in [-0.3, -0.25) is 0 Å². The molecule has 0 fully saturated rings. The van der Waals surface area contributed by atoms with Crippen LogP contribution >= 0.6 is 0 Å². The van der Waals surface area contributed by atoms with E-state index in [4.69, 9.17) is 4.74 Å². The summed E-state index contributed by atoms with van der Waals surface area (Å²) in [6, 6.07) is 5.05. The molecule has 1 aromatic carbocycles. The number of aryl methyl sites for hydroxylation is 1. The zero-order valence-corrected chi connectivity index (χ0v) is 9.22. The Labute approximate surface area is 94.5 Å². The maximum Gasteiger partial charge on any atom is 0.160 e. The van der Waals surface area contributed by atoms with Gasteiger partial charge in [-0.25, -0.2) is 0 Å². The second-order valence-electron chi connectivity index (χ2n) is 3.60. The van der Waals surface area contributed by atoms with Crippen LogP contribution in [0, 0.1) is 0 Å². The van der Waals surface area contributed by atoms with Crippen molar-refractivity contribution < 1.29 is 19.7 Å². The number of aromatic hydroxyl groups is 1. The molecular formula is C12H16O4. The number of benzene rings is 1. The molecule has 0 aliphatic carbocycles. The predicted octanol–water partition coefficient (Wildman–Crippen LogP) is 1.28. The van der Waals surface area contributed by atoms with Crippen LogP contribution in [-0.4, -0.2) is 29.7 Å². The normalized spacial score (nSPS) is 12.1. The van der Waals surface area contributed by atoms with Crippen LogP contribution in [0.2, 0.25) is 0 Å². The van der Waals surface area contributed by atoms with Crippen molar-refractivity contribution in [2.45, 2.75) is 25.4 Å². The first-order chi connectivity index (χ1) is 7.67. The van der Waals surface area contributed by atoms with Gasteiger partial charge in [0.15, 0.2) is 11.5 Å². The van der Waals surface area contributed by atoms with Gasteiger partial charge in [-0.2, -0.15) is 0 Å². The van der Waals surface area contributed by atoms with E-state index in [0.29, 0.717) is 24.9 Å². The van der Waals surface area contributed by atoms with Crippen molar-refractivity contribution in [2.24, 2.45) is 0 Å². The molecule has 1 aromatic rings. The molecular weight excluding hydrogens is 208 g/mol. The van der Waals surface area contributed by atoms with Crippen molar-refractivity contribution >= 4 is 6.29 Å². The lowest BCUT2D eigenvalue weighted by Gasteiger charge is -2.09. The van der Waals surface area contributed by atoms with E-state index < -0.39 is 6.10 Å². The molecule has 0 aromatic heterocycles. The molecule has 1 atom stereocenters. The van der Waals surface area contributed by atoms with Gasteiger partial charge in [0.1, 0.15) is 6.29 Å². The summed E-state index contributed by atoms with van der Waals surface area (Å²) in [7, 11) is 1.49. The molecule has 0 aliphatic rings. The fourth-order valence-corrected chi connectivity index (χ4v) is 1.44. The Morgan fingerprint density at radius 3 is 2.88 bits per heavy atom. The Morgan fingerprint density at radius 1 is 1.50 bits per heavy atom. The topological polar surface area (TPSA) is 66.8 Å². The van der Waals surface area contributed by atoms with Crippen LogP contribution in [0.3, 0.4) is 0 Å². The highest BCUT2D eigenvalue weighted by atomic mass is 16.5. The van der Waals surface area contributed by atoms with E-state index in [1.165, 1.54) is 7.11 Å². The smallest absolute Gasteiger partial charge is 0.160 e. The number of carbonyl (C=O) groups is 1. The van der Waals surface area contributed by atoms with Crippen LogP contribution in [0.25, 0.3) is 0 Å². The lowest BCUT2D eigenvalue weighted by atomic mass is 10.0. The van der Waals surface area contributed by atoms with Gasteiger partial charge in [0.2, 0.25) is 0 Å². The van der Waals surface area contributed by atoms with E-state index in [9.17, 15) is 15.0 Å². The van der Waals surface area contributed by atoms with Crippen LogP contribution in [0.15, 0.2) is 18.2 Å². The van der Waals surface area contributed by atoms with Crippen molar-refractivity contribution in [1.29, 1.82) is 0 Å². The van der Waals surface area contributed by atoms with E-state index in [0.717, 1.165) is 5.56 Å². The van der Waals surface area contributed by atoms with Gasteiger partial charge in [-0.1, -0.05) is 6.07 Å². The number of phenolic OH excluding ortho intramolecular Hbond substituents is 1. The van der Waals surface area contributed by atoms with Crippen LogP contribution in [0.5, 0.6) is 11.5 Å².